The van der Waals surface area contributed by atoms with Crippen molar-refractivity contribution in [3.63, 3.8) is 0 Å². The molecule has 0 atom stereocenters. The minimum absolute atomic E-state index is 0.00506. The van der Waals surface area contributed by atoms with Crippen LogP contribution in [0.2, 0.25) is 0 Å². The monoisotopic (exact) mass is 267 g/mol. The van der Waals surface area contributed by atoms with Crippen molar-refractivity contribution >= 4 is 17.4 Å². The lowest BCUT2D eigenvalue weighted by molar-refractivity contribution is 0.0999. The third kappa shape index (κ3) is 2.90. The van der Waals surface area contributed by atoms with E-state index in [2.05, 4.69) is 15.3 Å². The Morgan fingerprint density at radius 1 is 1.35 bits per heavy atom. The van der Waals surface area contributed by atoms with E-state index in [1.165, 1.54) is 0 Å². The van der Waals surface area contributed by atoms with E-state index in [0.29, 0.717) is 17.3 Å². The Balaban J connectivity index is 2.51. The molecule has 0 bridgehead atoms. The molecular weight excluding hydrogens is 254 g/mol. The Hall–Kier alpha value is -2.94. The number of carbonyl (C=O) groups is 1. The lowest BCUT2D eigenvalue weighted by Crippen LogP contribution is -2.19. The van der Waals surface area contributed by atoms with Gasteiger partial charge in [0, 0.05) is 5.69 Å². The van der Waals surface area contributed by atoms with Crippen LogP contribution in [-0.4, -0.2) is 15.9 Å². The van der Waals surface area contributed by atoms with Crippen LogP contribution in [-0.2, 0) is 6.42 Å². The lowest BCUT2D eigenvalue weighted by Gasteiger charge is -2.12. The summed E-state index contributed by atoms with van der Waals surface area (Å²) in [5.74, 6) is 0.133. The van der Waals surface area contributed by atoms with Crippen LogP contribution >= 0.6 is 0 Å². The largest absolute Gasteiger partial charge is 0.365 e. The van der Waals surface area contributed by atoms with Crippen LogP contribution in [0.3, 0.4) is 0 Å². The summed E-state index contributed by atoms with van der Waals surface area (Å²) in [6.45, 7) is 1.70. The molecule has 0 radical (unpaired) electrons. The molecule has 3 N–H and O–H groups in total. The smallest absolute Gasteiger partial charge is 0.254 e. The molecule has 1 aromatic heterocycles. The molecule has 0 spiro atoms. The number of anilines is 2. The van der Waals surface area contributed by atoms with Gasteiger partial charge in [-0.3, -0.25) is 4.79 Å². The number of aryl methyl sites for hydroxylation is 1. The van der Waals surface area contributed by atoms with Gasteiger partial charge in [0.15, 0.2) is 0 Å². The SMILES string of the molecule is Cc1nc(CC#N)c(C(N)=O)c(Nc2ccccc2)n1. The van der Waals surface area contributed by atoms with Crippen molar-refractivity contribution in [1.82, 2.24) is 9.97 Å². The molecule has 0 unspecified atom stereocenters. The van der Waals surface area contributed by atoms with Gasteiger partial charge in [-0.1, -0.05) is 18.2 Å². The highest BCUT2D eigenvalue weighted by Gasteiger charge is 2.18. The molecule has 0 saturated carbocycles. The fourth-order valence-corrected chi connectivity index (χ4v) is 1.84. The summed E-state index contributed by atoms with van der Waals surface area (Å²) in [5.41, 5.74) is 6.65. The average Bonchev–Trinajstić information content (AvgIpc) is 2.39. The van der Waals surface area contributed by atoms with Gasteiger partial charge < -0.3 is 11.1 Å². The molecule has 0 aliphatic rings. The number of benzene rings is 1. The Morgan fingerprint density at radius 3 is 2.65 bits per heavy atom. The summed E-state index contributed by atoms with van der Waals surface area (Å²) >= 11 is 0. The molecule has 1 aromatic carbocycles. The molecule has 2 rings (SSSR count). The molecule has 0 saturated heterocycles. The first kappa shape index (κ1) is 13.5. The predicted molar refractivity (Wildman–Crippen MR) is 74.3 cm³/mol. The van der Waals surface area contributed by atoms with Crippen LogP contribution in [0.4, 0.5) is 11.5 Å². The van der Waals surface area contributed by atoms with Gasteiger partial charge in [-0.15, -0.1) is 0 Å². The maximum Gasteiger partial charge on any atom is 0.254 e. The Morgan fingerprint density at radius 2 is 2.05 bits per heavy atom. The van der Waals surface area contributed by atoms with E-state index in [-0.39, 0.29) is 12.0 Å². The second kappa shape index (κ2) is 5.80. The van der Waals surface area contributed by atoms with Crippen molar-refractivity contribution in [2.45, 2.75) is 13.3 Å². The Bertz CT molecular complexity index is 676. The minimum Gasteiger partial charge on any atom is -0.365 e. The van der Waals surface area contributed by atoms with Crippen LogP contribution in [0.25, 0.3) is 0 Å². The number of amides is 1. The van der Waals surface area contributed by atoms with E-state index < -0.39 is 5.91 Å². The normalized spacial score (nSPS) is 9.80. The molecule has 1 amide bonds. The standard InChI is InChI=1S/C14H13N5O/c1-9-17-11(7-8-15)12(13(16)20)14(18-9)19-10-5-3-2-4-6-10/h2-6H,7H2,1H3,(H2,16,20)(H,17,18,19). The van der Waals surface area contributed by atoms with Gasteiger partial charge in [0.2, 0.25) is 0 Å². The number of nitrogens with zero attached hydrogens (tertiary/aromatic N) is 3. The van der Waals surface area contributed by atoms with Gasteiger partial charge in [0.05, 0.1) is 18.2 Å². The summed E-state index contributed by atoms with van der Waals surface area (Å²) in [6.07, 6.45) is 0.00506. The zero-order valence-electron chi connectivity index (χ0n) is 10.9. The molecule has 6 nitrogen and oxygen atoms in total. The minimum atomic E-state index is -0.659. The van der Waals surface area contributed by atoms with Crippen molar-refractivity contribution < 1.29 is 4.79 Å². The summed E-state index contributed by atoms with van der Waals surface area (Å²) in [6, 6.07) is 11.2. The molecule has 1 heterocycles. The highest BCUT2D eigenvalue weighted by atomic mass is 16.1. The van der Waals surface area contributed by atoms with Gasteiger partial charge in [-0.2, -0.15) is 5.26 Å². The van der Waals surface area contributed by atoms with Gasteiger partial charge in [-0.05, 0) is 19.1 Å². The number of para-hydroxylation sites is 1. The van der Waals surface area contributed by atoms with Crippen molar-refractivity contribution in [2.75, 3.05) is 5.32 Å². The first-order valence-electron chi connectivity index (χ1n) is 5.98. The van der Waals surface area contributed by atoms with Gasteiger partial charge in [0.1, 0.15) is 17.2 Å². The molecule has 20 heavy (non-hydrogen) atoms. The average molecular weight is 267 g/mol. The number of primary amides is 1. The molecule has 6 heteroatoms. The van der Waals surface area contributed by atoms with Gasteiger partial charge in [0.25, 0.3) is 5.91 Å². The third-order valence-electron chi connectivity index (χ3n) is 2.63. The van der Waals surface area contributed by atoms with Crippen molar-refractivity contribution in [3.8, 4) is 6.07 Å². The van der Waals surface area contributed by atoms with Crippen LogP contribution in [0.5, 0.6) is 0 Å². The number of hydrogen-bond donors (Lipinski definition) is 2. The van der Waals surface area contributed by atoms with Gasteiger partial charge >= 0.3 is 0 Å². The molecule has 100 valence electrons. The number of nitrogens with two attached hydrogens (primary N) is 1. The first-order chi connectivity index (χ1) is 9.61. The second-order valence-electron chi connectivity index (χ2n) is 4.13. The van der Waals surface area contributed by atoms with Crippen LogP contribution < -0.4 is 11.1 Å². The van der Waals surface area contributed by atoms with Crippen LogP contribution in [0.15, 0.2) is 30.3 Å². The molecule has 0 aliphatic carbocycles. The number of hydrogen-bond acceptors (Lipinski definition) is 5. The van der Waals surface area contributed by atoms with Crippen LogP contribution in [0.1, 0.15) is 21.9 Å². The van der Waals surface area contributed by atoms with E-state index in [1.807, 2.05) is 36.4 Å². The number of rotatable bonds is 4. The van der Waals surface area contributed by atoms with E-state index in [1.54, 1.807) is 6.92 Å². The Labute approximate surface area is 116 Å². The highest BCUT2D eigenvalue weighted by Crippen LogP contribution is 2.21. The third-order valence-corrected chi connectivity index (χ3v) is 2.63. The topological polar surface area (TPSA) is 105 Å². The Kier molecular flexibility index (Phi) is 3.91. The summed E-state index contributed by atoms with van der Waals surface area (Å²) in [4.78, 5) is 19.9. The maximum absolute atomic E-state index is 11.6. The zero-order chi connectivity index (χ0) is 14.5. The van der Waals surface area contributed by atoms with Gasteiger partial charge in [-0.25, -0.2) is 9.97 Å². The summed E-state index contributed by atoms with van der Waals surface area (Å²) < 4.78 is 0. The first-order valence-corrected chi connectivity index (χ1v) is 5.98. The summed E-state index contributed by atoms with van der Waals surface area (Å²) in [5, 5.41) is 11.8. The number of nitriles is 1. The lowest BCUT2D eigenvalue weighted by atomic mass is 10.1. The second-order valence-corrected chi connectivity index (χ2v) is 4.13. The van der Waals surface area contributed by atoms with Crippen molar-refractivity contribution in [3.05, 3.63) is 47.4 Å². The van der Waals surface area contributed by atoms with E-state index in [4.69, 9.17) is 11.0 Å². The van der Waals surface area contributed by atoms with Crippen molar-refractivity contribution in [2.24, 2.45) is 5.73 Å². The maximum atomic E-state index is 11.6. The number of aromatic nitrogens is 2. The highest BCUT2D eigenvalue weighted by molar-refractivity contribution is 5.99. The zero-order valence-corrected chi connectivity index (χ0v) is 10.9. The van der Waals surface area contributed by atoms with E-state index in [0.717, 1.165) is 5.69 Å². The fourth-order valence-electron chi connectivity index (χ4n) is 1.84. The summed E-state index contributed by atoms with van der Waals surface area (Å²) in [7, 11) is 0. The van der Waals surface area contributed by atoms with E-state index >= 15 is 0 Å². The molecule has 2 aromatic rings. The molecule has 0 fully saturated rings. The number of nitrogens with one attached hydrogen (secondary N) is 1. The molecular formula is C14H13N5O. The fraction of sp³-hybridized carbons (Fsp3) is 0.143. The molecule has 0 aliphatic heterocycles. The predicted octanol–water partition coefficient (Wildman–Crippen LogP) is 1.69. The van der Waals surface area contributed by atoms with E-state index in [9.17, 15) is 4.79 Å². The van der Waals surface area contributed by atoms with Crippen LogP contribution in [0, 0.1) is 18.3 Å². The van der Waals surface area contributed by atoms with Crippen molar-refractivity contribution in [1.29, 1.82) is 5.26 Å². The quantitative estimate of drug-likeness (QED) is 0.877. The number of carbonyl (C=O) groups excluding carboxylic acids is 1.